The molecule has 0 radical (unpaired) electrons. The Labute approximate surface area is 126 Å². The van der Waals surface area contributed by atoms with E-state index in [4.69, 9.17) is 10.5 Å². The third-order valence-corrected chi connectivity index (χ3v) is 4.40. The Kier molecular flexibility index (Phi) is 4.42. The maximum absolute atomic E-state index is 5.87. The summed E-state index contributed by atoms with van der Waals surface area (Å²) < 4.78 is 5.75. The SMILES string of the molecule is CCOC1CCN(c2ccc(CN)c3ccccc23)CC1. The lowest BCUT2D eigenvalue weighted by Gasteiger charge is -2.34. The summed E-state index contributed by atoms with van der Waals surface area (Å²) in [5.41, 5.74) is 8.42. The Morgan fingerprint density at radius 3 is 2.48 bits per heavy atom. The van der Waals surface area contributed by atoms with Crippen LogP contribution in [0.1, 0.15) is 25.3 Å². The molecule has 0 amide bonds. The molecule has 1 aliphatic rings. The van der Waals surface area contributed by atoms with E-state index in [2.05, 4.69) is 48.2 Å². The van der Waals surface area contributed by atoms with Gasteiger partial charge in [-0.2, -0.15) is 0 Å². The lowest BCUT2D eigenvalue weighted by molar-refractivity contribution is 0.0459. The van der Waals surface area contributed by atoms with Crippen molar-refractivity contribution in [1.82, 2.24) is 0 Å². The van der Waals surface area contributed by atoms with Crippen LogP contribution in [0.25, 0.3) is 10.8 Å². The lowest BCUT2D eigenvalue weighted by Crippen LogP contribution is -2.37. The molecule has 1 heterocycles. The third-order valence-electron chi connectivity index (χ3n) is 4.40. The molecule has 21 heavy (non-hydrogen) atoms. The summed E-state index contributed by atoms with van der Waals surface area (Å²) in [4.78, 5) is 2.48. The molecule has 1 aliphatic heterocycles. The second-order valence-corrected chi connectivity index (χ2v) is 5.64. The van der Waals surface area contributed by atoms with Crippen molar-refractivity contribution in [3.8, 4) is 0 Å². The first-order valence-corrected chi connectivity index (χ1v) is 7.90. The van der Waals surface area contributed by atoms with E-state index in [1.165, 1.54) is 22.0 Å². The van der Waals surface area contributed by atoms with E-state index < -0.39 is 0 Å². The van der Waals surface area contributed by atoms with Crippen molar-refractivity contribution in [2.45, 2.75) is 32.4 Å². The van der Waals surface area contributed by atoms with Crippen molar-refractivity contribution in [1.29, 1.82) is 0 Å². The molecule has 1 saturated heterocycles. The zero-order valence-corrected chi connectivity index (χ0v) is 12.7. The van der Waals surface area contributed by atoms with Gasteiger partial charge in [-0.1, -0.05) is 30.3 Å². The Balaban J connectivity index is 1.88. The van der Waals surface area contributed by atoms with Crippen molar-refractivity contribution < 1.29 is 4.74 Å². The quantitative estimate of drug-likeness (QED) is 0.936. The fourth-order valence-corrected chi connectivity index (χ4v) is 3.30. The zero-order valence-electron chi connectivity index (χ0n) is 12.7. The van der Waals surface area contributed by atoms with Gasteiger partial charge in [-0.25, -0.2) is 0 Å². The highest BCUT2D eigenvalue weighted by Gasteiger charge is 2.20. The molecule has 0 aliphatic carbocycles. The van der Waals surface area contributed by atoms with Crippen molar-refractivity contribution in [3.63, 3.8) is 0 Å². The Bertz CT molecular complexity index is 603. The minimum absolute atomic E-state index is 0.431. The van der Waals surface area contributed by atoms with Crippen LogP contribution in [0, 0.1) is 0 Å². The van der Waals surface area contributed by atoms with Gasteiger partial charge in [-0.15, -0.1) is 0 Å². The highest BCUT2D eigenvalue weighted by molar-refractivity contribution is 5.96. The molecule has 0 unspecified atom stereocenters. The van der Waals surface area contributed by atoms with Crippen molar-refractivity contribution in [2.24, 2.45) is 5.73 Å². The molecule has 1 fully saturated rings. The molecule has 3 nitrogen and oxygen atoms in total. The van der Waals surface area contributed by atoms with Gasteiger partial charge in [0.05, 0.1) is 6.10 Å². The van der Waals surface area contributed by atoms with Gasteiger partial charge in [0, 0.05) is 37.3 Å². The number of benzene rings is 2. The van der Waals surface area contributed by atoms with E-state index in [1.807, 2.05) is 0 Å². The van der Waals surface area contributed by atoms with E-state index in [1.54, 1.807) is 0 Å². The van der Waals surface area contributed by atoms with Gasteiger partial charge in [-0.3, -0.25) is 0 Å². The highest BCUT2D eigenvalue weighted by atomic mass is 16.5. The second kappa shape index (κ2) is 6.46. The largest absolute Gasteiger partial charge is 0.378 e. The molecule has 0 bridgehead atoms. The Hall–Kier alpha value is -1.58. The van der Waals surface area contributed by atoms with Gasteiger partial charge in [0.25, 0.3) is 0 Å². The van der Waals surface area contributed by atoms with Crippen molar-refractivity contribution >= 4 is 16.5 Å². The molecule has 3 rings (SSSR count). The second-order valence-electron chi connectivity index (χ2n) is 5.64. The summed E-state index contributed by atoms with van der Waals surface area (Å²) in [6.45, 7) is 5.62. The van der Waals surface area contributed by atoms with Crippen LogP contribution in [-0.4, -0.2) is 25.8 Å². The first-order chi connectivity index (χ1) is 10.3. The van der Waals surface area contributed by atoms with Gasteiger partial charge in [-0.05, 0) is 36.8 Å². The molecule has 0 spiro atoms. The smallest absolute Gasteiger partial charge is 0.0608 e. The van der Waals surface area contributed by atoms with E-state index in [0.29, 0.717) is 12.6 Å². The van der Waals surface area contributed by atoms with Crippen LogP contribution in [0.2, 0.25) is 0 Å². The number of nitrogens with two attached hydrogens (primary N) is 1. The number of nitrogens with zero attached hydrogens (tertiary/aromatic N) is 1. The fraction of sp³-hybridized carbons (Fsp3) is 0.444. The minimum Gasteiger partial charge on any atom is -0.378 e. The van der Waals surface area contributed by atoms with Crippen LogP contribution in [0.3, 0.4) is 0 Å². The van der Waals surface area contributed by atoms with Crippen LogP contribution in [-0.2, 0) is 11.3 Å². The fourth-order valence-electron chi connectivity index (χ4n) is 3.30. The molecule has 0 atom stereocenters. The lowest BCUT2D eigenvalue weighted by atomic mass is 10.00. The van der Waals surface area contributed by atoms with Gasteiger partial charge in [0.2, 0.25) is 0 Å². The summed E-state index contributed by atoms with van der Waals surface area (Å²) in [5.74, 6) is 0. The maximum atomic E-state index is 5.87. The first-order valence-electron chi connectivity index (χ1n) is 7.90. The van der Waals surface area contributed by atoms with Crippen LogP contribution in [0.15, 0.2) is 36.4 Å². The predicted molar refractivity (Wildman–Crippen MR) is 88.7 cm³/mol. The van der Waals surface area contributed by atoms with Gasteiger partial charge >= 0.3 is 0 Å². The third kappa shape index (κ3) is 2.89. The molecule has 0 aromatic heterocycles. The van der Waals surface area contributed by atoms with Gasteiger partial charge in [0.15, 0.2) is 0 Å². The number of piperidine rings is 1. The number of ether oxygens (including phenoxy) is 1. The summed E-state index contributed by atoms with van der Waals surface area (Å²) in [7, 11) is 0. The number of anilines is 1. The summed E-state index contributed by atoms with van der Waals surface area (Å²) in [5, 5.41) is 2.60. The normalized spacial score (nSPS) is 16.6. The molecule has 3 heteroatoms. The minimum atomic E-state index is 0.431. The van der Waals surface area contributed by atoms with Crippen LogP contribution < -0.4 is 10.6 Å². The Morgan fingerprint density at radius 1 is 1.10 bits per heavy atom. The molecular formula is C18H24N2O. The summed E-state index contributed by atoms with van der Waals surface area (Å²) in [6.07, 6.45) is 2.66. The average Bonchev–Trinajstić information content (AvgIpc) is 2.55. The predicted octanol–water partition coefficient (Wildman–Crippen LogP) is 3.30. The molecule has 2 N–H and O–H groups in total. The van der Waals surface area contributed by atoms with Crippen molar-refractivity contribution in [2.75, 3.05) is 24.6 Å². The Morgan fingerprint density at radius 2 is 1.81 bits per heavy atom. The standard InChI is InChI=1S/C18H24N2O/c1-2-21-15-9-11-20(12-10-15)18-8-7-14(13-19)16-5-3-4-6-17(16)18/h3-8,15H,2,9-13,19H2,1H3. The monoisotopic (exact) mass is 284 g/mol. The molecular weight excluding hydrogens is 260 g/mol. The van der Waals surface area contributed by atoms with Crippen LogP contribution in [0.5, 0.6) is 0 Å². The zero-order chi connectivity index (χ0) is 14.7. The maximum Gasteiger partial charge on any atom is 0.0608 e. The van der Waals surface area contributed by atoms with E-state index in [0.717, 1.165) is 32.5 Å². The molecule has 2 aromatic rings. The van der Waals surface area contributed by atoms with E-state index in [-0.39, 0.29) is 0 Å². The molecule has 112 valence electrons. The number of hydrogen-bond acceptors (Lipinski definition) is 3. The molecule has 0 saturated carbocycles. The van der Waals surface area contributed by atoms with Crippen molar-refractivity contribution in [3.05, 3.63) is 42.0 Å². The average molecular weight is 284 g/mol. The highest BCUT2D eigenvalue weighted by Crippen LogP contribution is 2.31. The van der Waals surface area contributed by atoms with Gasteiger partial charge < -0.3 is 15.4 Å². The van der Waals surface area contributed by atoms with E-state index in [9.17, 15) is 0 Å². The van der Waals surface area contributed by atoms with Crippen LogP contribution in [0.4, 0.5) is 5.69 Å². The number of fused-ring (bicyclic) bond motifs is 1. The first kappa shape index (κ1) is 14.4. The molecule has 2 aromatic carbocycles. The topological polar surface area (TPSA) is 38.5 Å². The number of rotatable bonds is 4. The van der Waals surface area contributed by atoms with Gasteiger partial charge in [0.1, 0.15) is 0 Å². The summed E-state index contributed by atoms with van der Waals surface area (Å²) in [6, 6.07) is 13.0. The summed E-state index contributed by atoms with van der Waals surface area (Å²) >= 11 is 0. The number of hydrogen-bond donors (Lipinski definition) is 1. The van der Waals surface area contributed by atoms with Crippen LogP contribution >= 0.6 is 0 Å². The van der Waals surface area contributed by atoms with E-state index >= 15 is 0 Å².